The van der Waals surface area contributed by atoms with Gasteiger partial charge in [0.1, 0.15) is 0 Å². The van der Waals surface area contributed by atoms with Gasteiger partial charge in [-0.05, 0) is 17.9 Å². The average molecular weight is 195 g/mol. The second kappa shape index (κ2) is 4.09. The van der Waals surface area contributed by atoms with Crippen molar-refractivity contribution >= 4 is 22.7 Å². The molecule has 0 aliphatic rings. The lowest BCUT2D eigenvalue weighted by Gasteiger charge is -2.04. The Hall–Kier alpha value is -1.89. The summed E-state index contributed by atoms with van der Waals surface area (Å²) in [4.78, 5) is 4.41. The highest BCUT2D eigenvalue weighted by atomic mass is 14.7. The molecule has 0 heterocycles. The Labute approximate surface area is 89.8 Å². The molecule has 0 saturated carbocycles. The predicted octanol–water partition coefficient (Wildman–Crippen LogP) is 4.04. The maximum absolute atomic E-state index is 4.41. The zero-order chi connectivity index (χ0) is 10.7. The predicted molar refractivity (Wildman–Crippen MR) is 67.0 cm³/mol. The molecule has 0 radical (unpaired) electrons. The number of benzene rings is 2. The first-order valence-electron chi connectivity index (χ1n) is 4.96. The summed E-state index contributed by atoms with van der Waals surface area (Å²) >= 11 is 0. The Kier molecular flexibility index (Phi) is 2.64. The number of aryl methyl sites for hydroxylation is 1. The smallest absolute Gasteiger partial charge is 0.0737 e. The molecular weight excluding hydrogens is 182 g/mol. The number of hydrogen-bond donors (Lipinski definition) is 0. The first kappa shape index (κ1) is 9.66. The standard InChI is InChI=1S/C14H13N/c1-3-10-15-14-11(2)8-9-12-6-4-5-7-13(12)14/h3-10H,1H2,2H3/b15-10-. The molecule has 0 unspecified atom stereocenters. The lowest BCUT2D eigenvalue weighted by molar-refractivity contribution is 1.44. The molecule has 0 aliphatic heterocycles. The Bertz CT molecular complexity index is 524. The van der Waals surface area contributed by atoms with Crippen LogP contribution in [0, 0.1) is 6.92 Å². The highest BCUT2D eigenvalue weighted by molar-refractivity contribution is 5.95. The second-order valence-corrected chi connectivity index (χ2v) is 3.47. The van der Waals surface area contributed by atoms with E-state index in [9.17, 15) is 0 Å². The average Bonchev–Trinajstić information content (AvgIpc) is 2.28. The van der Waals surface area contributed by atoms with Gasteiger partial charge in [0, 0.05) is 11.6 Å². The molecule has 1 heteroatoms. The van der Waals surface area contributed by atoms with E-state index in [1.165, 1.54) is 16.3 Å². The summed E-state index contributed by atoms with van der Waals surface area (Å²) in [5.74, 6) is 0. The molecule has 74 valence electrons. The molecule has 0 fully saturated rings. The van der Waals surface area contributed by atoms with E-state index < -0.39 is 0 Å². The number of hydrogen-bond acceptors (Lipinski definition) is 1. The van der Waals surface area contributed by atoms with Gasteiger partial charge < -0.3 is 0 Å². The fraction of sp³-hybridized carbons (Fsp3) is 0.0714. The summed E-state index contributed by atoms with van der Waals surface area (Å²) in [5.41, 5.74) is 2.22. The van der Waals surface area contributed by atoms with Crippen LogP contribution >= 0.6 is 0 Å². The zero-order valence-corrected chi connectivity index (χ0v) is 8.77. The SMILES string of the molecule is C=C/C=N\c1c(C)ccc2ccccc12. The third-order valence-corrected chi connectivity index (χ3v) is 2.41. The minimum atomic E-state index is 1.04. The summed E-state index contributed by atoms with van der Waals surface area (Å²) in [6.45, 7) is 5.71. The normalized spacial score (nSPS) is 11.0. The fourth-order valence-electron chi connectivity index (χ4n) is 1.66. The lowest BCUT2D eigenvalue weighted by Crippen LogP contribution is -1.79. The Balaban J connectivity index is 2.73. The Morgan fingerprint density at radius 2 is 1.93 bits per heavy atom. The molecule has 1 nitrogen and oxygen atoms in total. The molecule has 0 aromatic heterocycles. The van der Waals surface area contributed by atoms with Crippen LogP contribution < -0.4 is 0 Å². The van der Waals surface area contributed by atoms with E-state index in [1.807, 2.05) is 12.1 Å². The number of rotatable bonds is 2. The monoisotopic (exact) mass is 195 g/mol. The van der Waals surface area contributed by atoms with Crippen LogP contribution in [0.15, 0.2) is 54.0 Å². The van der Waals surface area contributed by atoms with Crippen LogP contribution in [0.1, 0.15) is 5.56 Å². The third-order valence-electron chi connectivity index (χ3n) is 2.41. The fourth-order valence-corrected chi connectivity index (χ4v) is 1.66. The highest BCUT2D eigenvalue weighted by Crippen LogP contribution is 2.29. The molecule has 0 aliphatic carbocycles. The van der Waals surface area contributed by atoms with E-state index in [4.69, 9.17) is 0 Å². The van der Waals surface area contributed by atoms with Crippen molar-refractivity contribution in [3.05, 3.63) is 54.6 Å². The molecule has 15 heavy (non-hydrogen) atoms. The van der Waals surface area contributed by atoms with E-state index in [1.54, 1.807) is 12.3 Å². The summed E-state index contributed by atoms with van der Waals surface area (Å²) in [5, 5.41) is 2.41. The molecule has 2 rings (SSSR count). The molecule has 0 atom stereocenters. The van der Waals surface area contributed by atoms with Gasteiger partial charge in [0.15, 0.2) is 0 Å². The maximum Gasteiger partial charge on any atom is 0.0737 e. The summed E-state index contributed by atoms with van der Waals surface area (Å²) in [7, 11) is 0. The largest absolute Gasteiger partial charge is 0.256 e. The number of nitrogens with zero attached hydrogens (tertiary/aromatic N) is 1. The van der Waals surface area contributed by atoms with Gasteiger partial charge in [0.25, 0.3) is 0 Å². The maximum atomic E-state index is 4.41. The van der Waals surface area contributed by atoms with Crippen molar-refractivity contribution in [2.24, 2.45) is 4.99 Å². The second-order valence-electron chi connectivity index (χ2n) is 3.47. The van der Waals surface area contributed by atoms with E-state index in [0.717, 1.165) is 5.69 Å². The van der Waals surface area contributed by atoms with E-state index >= 15 is 0 Å². The number of fused-ring (bicyclic) bond motifs is 1. The van der Waals surface area contributed by atoms with Gasteiger partial charge in [-0.25, -0.2) is 0 Å². The van der Waals surface area contributed by atoms with Gasteiger partial charge in [-0.2, -0.15) is 0 Å². The van der Waals surface area contributed by atoms with Gasteiger partial charge in [-0.3, -0.25) is 4.99 Å². The van der Waals surface area contributed by atoms with Crippen molar-refractivity contribution in [2.45, 2.75) is 6.92 Å². The van der Waals surface area contributed by atoms with Crippen LogP contribution in [-0.4, -0.2) is 6.21 Å². The summed E-state index contributed by atoms with van der Waals surface area (Å²) in [6, 6.07) is 12.5. The molecule has 0 bridgehead atoms. The third kappa shape index (κ3) is 1.82. The van der Waals surface area contributed by atoms with Crippen LogP contribution in [0.5, 0.6) is 0 Å². The van der Waals surface area contributed by atoms with Crippen LogP contribution in [0.2, 0.25) is 0 Å². The van der Waals surface area contributed by atoms with E-state index in [0.29, 0.717) is 0 Å². The topological polar surface area (TPSA) is 12.4 Å². The van der Waals surface area contributed by atoms with Crippen LogP contribution in [0.4, 0.5) is 5.69 Å². The molecule has 2 aromatic rings. The molecule has 0 saturated heterocycles. The zero-order valence-electron chi connectivity index (χ0n) is 8.77. The summed E-state index contributed by atoms with van der Waals surface area (Å²) in [6.07, 6.45) is 3.43. The quantitative estimate of drug-likeness (QED) is 0.641. The van der Waals surface area contributed by atoms with Crippen LogP contribution in [0.3, 0.4) is 0 Å². The van der Waals surface area contributed by atoms with Crippen molar-refractivity contribution in [1.29, 1.82) is 0 Å². The molecular formula is C14H13N. The van der Waals surface area contributed by atoms with Crippen LogP contribution in [0.25, 0.3) is 10.8 Å². The summed E-state index contributed by atoms with van der Waals surface area (Å²) < 4.78 is 0. The Morgan fingerprint density at radius 1 is 1.13 bits per heavy atom. The molecule has 0 N–H and O–H groups in total. The highest BCUT2D eigenvalue weighted by Gasteiger charge is 2.01. The molecule has 2 aromatic carbocycles. The van der Waals surface area contributed by atoms with Gasteiger partial charge in [-0.15, -0.1) is 0 Å². The molecule has 0 spiro atoms. The first-order chi connectivity index (χ1) is 7.33. The van der Waals surface area contributed by atoms with E-state index in [2.05, 4.69) is 42.8 Å². The minimum Gasteiger partial charge on any atom is -0.256 e. The number of aliphatic imine (C=N–C) groups is 1. The Morgan fingerprint density at radius 3 is 2.73 bits per heavy atom. The molecule has 0 amide bonds. The van der Waals surface area contributed by atoms with Crippen molar-refractivity contribution in [3.8, 4) is 0 Å². The van der Waals surface area contributed by atoms with Crippen molar-refractivity contribution in [2.75, 3.05) is 0 Å². The lowest BCUT2D eigenvalue weighted by atomic mass is 10.1. The van der Waals surface area contributed by atoms with Crippen molar-refractivity contribution < 1.29 is 0 Å². The van der Waals surface area contributed by atoms with Gasteiger partial charge in [0.2, 0.25) is 0 Å². The van der Waals surface area contributed by atoms with Crippen molar-refractivity contribution in [3.63, 3.8) is 0 Å². The van der Waals surface area contributed by atoms with Gasteiger partial charge in [0.05, 0.1) is 5.69 Å². The van der Waals surface area contributed by atoms with Gasteiger partial charge in [-0.1, -0.05) is 49.1 Å². The van der Waals surface area contributed by atoms with Crippen molar-refractivity contribution in [1.82, 2.24) is 0 Å². The first-order valence-corrected chi connectivity index (χ1v) is 4.96. The van der Waals surface area contributed by atoms with Gasteiger partial charge >= 0.3 is 0 Å². The van der Waals surface area contributed by atoms with Crippen LogP contribution in [-0.2, 0) is 0 Å². The number of allylic oxidation sites excluding steroid dienone is 1. The minimum absolute atomic E-state index is 1.04. The van der Waals surface area contributed by atoms with E-state index in [-0.39, 0.29) is 0 Å².